The summed E-state index contributed by atoms with van der Waals surface area (Å²) in [4.78, 5) is 42.6. The summed E-state index contributed by atoms with van der Waals surface area (Å²) in [6.45, 7) is 5.21. The Kier molecular flexibility index (Phi) is 21.2. The van der Waals surface area contributed by atoms with Crippen LogP contribution in [-0.4, -0.2) is 111 Å². The van der Waals surface area contributed by atoms with Crippen LogP contribution in [0.1, 0.15) is 40.5 Å². The van der Waals surface area contributed by atoms with Crippen molar-refractivity contribution in [3.8, 4) is 0 Å². The van der Waals surface area contributed by atoms with Crippen molar-refractivity contribution in [3.05, 3.63) is 0 Å². The van der Waals surface area contributed by atoms with Gasteiger partial charge in [-0.2, -0.15) is 0 Å². The summed E-state index contributed by atoms with van der Waals surface area (Å²) in [6, 6.07) is 0. The summed E-state index contributed by atoms with van der Waals surface area (Å²) in [5.41, 5.74) is -1.91. The van der Waals surface area contributed by atoms with Gasteiger partial charge < -0.3 is 56.3 Å². The predicted octanol–water partition coefficient (Wildman–Crippen LogP) is -5.96. The van der Waals surface area contributed by atoms with E-state index in [1.165, 1.54) is 27.7 Å². The number of carboxylic acids is 2. The Labute approximate surface area is 202 Å². The van der Waals surface area contributed by atoms with Crippen molar-refractivity contribution in [2.45, 2.75) is 52.7 Å². The van der Waals surface area contributed by atoms with Gasteiger partial charge in [0.1, 0.15) is 12.2 Å². The molecule has 0 bridgehead atoms. The van der Waals surface area contributed by atoms with Crippen LogP contribution in [0.5, 0.6) is 0 Å². The van der Waals surface area contributed by atoms with E-state index in [2.05, 4.69) is 10.6 Å². The van der Waals surface area contributed by atoms with Gasteiger partial charge in [0, 0.05) is 48.7 Å². The zero-order valence-corrected chi connectivity index (χ0v) is 20.3. The third-order valence-corrected chi connectivity index (χ3v) is 4.05. The van der Waals surface area contributed by atoms with E-state index in [0.29, 0.717) is 0 Å². The Morgan fingerprint density at radius 1 is 0.750 bits per heavy atom. The molecule has 0 spiro atoms. The molecule has 0 saturated heterocycles. The molecule has 0 radical (unpaired) electrons. The van der Waals surface area contributed by atoms with Crippen molar-refractivity contribution in [1.29, 1.82) is 0 Å². The van der Waals surface area contributed by atoms with Crippen LogP contribution < -0.4 is 20.8 Å². The molecule has 0 aliphatic heterocycles. The number of aliphatic carboxylic acids is 2. The number of rotatable bonds is 12. The van der Waals surface area contributed by atoms with Crippen LogP contribution in [0.3, 0.4) is 0 Å². The van der Waals surface area contributed by atoms with Crippen molar-refractivity contribution >= 4 is 46.8 Å². The molecule has 0 heterocycles. The second-order valence-corrected chi connectivity index (χ2v) is 7.92. The van der Waals surface area contributed by atoms with Crippen molar-refractivity contribution < 1.29 is 55.3 Å². The molecule has 8 N–H and O–H groups in total. The minimum atomic E-state index is -1.37. The van der Waals surface area contributed by atoms with Gasteiger partial charge in [-0.3, -0.25) is 9.59 Å². The first kappa shape index (κ1) is 37.7. The third-order valence-electron chi connectivity index (χ3n) is 4.05. The molecular formula is C18H34MgN2O11. The predicted molar refractivity (Wildman–Crippen MR) is 108 cm³/mol. The van der Waals surface area contributed by atoms with Crippen molar-refractivity contribution in [3.63, 3.8) is 0 Å². The maximum atomic E-state index is 11.2. The summed E-state index contributed by atoms with van der Waals surface area (Å²) >= 11 is 0. The van der Waals surface area contributed by atoms with E-state index in [1.807, 2.05) is 0 Å². The molecule has 0 fully saturated rings. The average molecular weight is 479 g/mol. The maximum Gasteiger partial charge on any atom is 2.00 e. The van der Waals surface area contributed by atoms with Crippen LogP contribution in [0, 0.1) is 10.8 Å². The number of hydrogen-bond donors (Lipinski definition) is 6. The van der Waals surface area contributed by atoms with E-state index in [-0.39, 0.29) is 67.7 Å². The molecule has 0 aromatic rings. The van der Waals surface area contributed by atoms with Gasteiger partial charge in [-0.15, -0.1) is 0 Å². The molecule has 0 aliphatic carbocycles. The maximum absolute atomic E-state index is 11.2. The monoisotopic (exact) mass is 478 g/mol. The van der Waals surface area contributed by atoms with Crippen LogP contribution in [0.4, 0.5) is 0 Å². The number of nitrogens with one attached hydrogen (secondary N) is 2. The number of aliphatic hydroxyl groups is 4. The summed E-state index contributed by atoms with van der Waals surface area (Å²) < 4.78 is 0. The minimum absolute atomic E-state index is 0. The number of carbonyl (C=O) groups excluding carboxylic acids is 4. The molecule has 2 unspecified atom stereocenters. The number of carbonyl (C=O) groups is 4. The Morgan fingerprint density at radius 3 is 1.19 bits per heavy atom. The first-order valence-electron chi connectivity index (χ1n) is 9.15. The zero-order chi connectivity index (χ0) is 24.1. The summed E-state index contributed by atoms with van der Waals surface area (Å²) in [6.07, 6.45) is -3.36. The van der Waals surface area contributed by atoms with Gasteiger partial charge in [0.2, 0.25) is 11.8 Å². The van der Waals surface area contributed by atoms with Gasteiger partial charge in [0.05, 0.1) is 13.2 Å². The molecule has 13 nitrogen and oxygen atoms in total. The Bertz CT molecular complexity index is 535. The zero-order valence-electron chi connectivity index (χ0n) is 18.8. The summed E-state index contributed by atoms with van der Waals surface area (Å²) in [5, 5.41) is 61.3. The largest absolute Gasteiger partial charge is 2.00 e. The topological polar surface area (TPSA) is 251 Å². The van der Waals surface area contributed by atoms with Crippen molar-refractivity contribution in [2.75, 3.05) is 26.3 Å². The molecule has 184 valence electrons. The van der Waals surface area contributed by atoms with E-state index in [9.17, 15) is 39.6 Å². The van der Waals surface area contributed by atoms with E-state index >= 15 is 0 Å². The fraction of sp³-hybridized carbons (Fsp3) is 0.778. The first-order valence-corrected chi connectivity index (χ1v) is 9.15. The Morgan fingerprint density at radius 2 is 1.00 bits per heavy atom. The molecule has 14 heteroatoms. The Balaban J connectivity index is -0.000000231. The van der Waals surface area contributed by atoms with E-state index in [4.69, 9.17) is 10.2 Å². The Hall–Kier alpha value is -1.55. The second-order valence-electron chi connectivity index (χ2n) is 7.92. The van der Waals surface area contributed by atoms with Gasteiger partial charge >= 0.3 is 23.1 Å². The molecule has 0 aromatic heterocycles. The average Bonchev–Trinajstić information content (AvgIpc) is 2.66. The van der Waals surface area contributed by atoms with Crippen molar-refractivity contribution in [1.82, 2.24) is 10.6 Å². The van der Waals surface area contributed by atoms with Gasteiger partial charge in [-0.05, 0) is 0 Å². The normalized spacial score (nSPS) is 12.5. The molecule has 0 aliphatic rings. The van der Waals surface area contributed by atoms with Gasteiger partial charge in [-0.1, -0.05) is 27.7 Å². The molecule has 0 saturated carbocycles. The molecule has 32 heavy (non-hydrogen) atoms. The molecule has 0 aromatic carbocycles. The number of amides is 2. The molecule has 2 atom stereocenters. The fourth-order valence-electron chi connectivity index (χ4n) is 1.65. The number of carboxylic acid groups (broad SMARTS) is 2. The third kappa shape index (κ3) is 16.1. The van der Waals surface area contributed by atoms with Crippen LogP contribution in [0.2, 0.25) is 0 Å². The van der Waals surface area contributed by atoms with Crippen LogP contribution >= 0.6 is 0 Å². The van der Waals surface area contributed by atoms with Gasteiger partial charge in [0.25, 0.3) is 0 Å². The summed E-state index contributed by atoms with van der Waals surface area (Å²) in [7, 11) is 0. The van der Waals surface area contributed by atoms with E-state index < -0.39 is 46.8 Å². The van der Waals surface area contributed by atoms with E-state index in [0.717, 1.165) is 0 Å². The molecule has 0 rings (SSSR count). The quantitative estimate of drug-likeness (QED) is 0.145. The van der Waals surface area contributed by atoms with Crippen molar-refractivity contribution in [2.24, 2.45) is 10.8 Å². The smallest absolute Gasteiger partial charge is 0.550 e. The van der Waals surface area contributed by atoms with E-state index in [1.54, 1.807) is 0 Å². The van der Waals surface area contributed by atoms with Crippen LogP contribution in [-0.2, 0) is 19.2 Å². The molecular weight excluding hydrogens is 445 g/mol. The van der Waals surface area contributed by atoms with Crippen LogP contribution in [0.15, 0.2) is 0 Å². The number of aliphatic hydroxyl groups excluding tert-OH is 4. The summed E-state index contributed by atoms with van der Waals surface area (Å²) in [5.74, 6) is -3.94. The van der Waals surface area contributed by atoms with Gasteiger partial charge in [0.15, 0.2) is 0 Å². The minimum Gasteiger partial charge on any atom is -0.550 e. The van der Waals surface area contributed by atoms with Gasteiger partial charge in [-0.25, -0.2) is 0 Å². The SMILES string of the molecule is CC(C)(CO)C(O)C(=O)NCCC(=O)[O-].CC(C)(CO)C(O)C(=O)NCCC(=O)[O-].O.[Mg+2]. The fourth-order valence-corrected chi connectivity index (χ4v) is 1.65. The number of hydrogen-bond acceptors (Lipinski definition) is 10. The van der Waals surface area contributed by atoms with Crippen LogP contribution in [0.25, 0.3) is 0 Å². The molecule has 2 amide bonds. The standard InChI is InChI=1S/2C9H17NO5.Mg.H2O/c2*1-9(2,5-11)7(14)8(15)10-4-3-6(12)13;;/h2*7,11,14H,3-5H2,1-2H3,(H,10,15)(H,12,13);;1H2/q;;+2;/p-2. The second kappa shape index (κ2) is 17.9. The first-order chi connectivity index (χ1) is 13.6.